The van der Waals surface area contributed by atoms with Crippen LogP contribution in [0.2, 0.25) is 0 Å². The first-order valence-corrected chi connectivity index (χ1v) is 7.20. The van der Waals surface area contributed by atoms with Crippen LogP contribution < -0.4 is 9.80 Å². The maximum absolute atomic E-state index is 4.46. The highest BCUT2D eigenvalue weighted by atomic mass is 15.4. The highest BCUT2D eigenvalue weighted by Crippen LogP contribution is 2.44. The Balaban J connectivity index is 1.99. The van der Waals surface area contributed by atoms with Crippen molar-refractivity contribution in [2.45, 2.75) is 20.0 Å². The molecule has 1 aromatic carbocycles. The van der Waals surface area contributed by atoms with Crippen LogP contribution in [0.1, 0.15) is 12.6 Å². The molecule has 1 aliphatic rings. The summed E-state index contributed by atoms with van der Waals surface area (Å²) in [5.74, 6) is 2.17. The number of imidazole rings is 2. The van der Waals surface area contributed by atoms with Gasteiger partial charge in [0.25, 0.3) is 0 Å². The molecule has 5 nitrogen and oxygen atoms in total. The van der Waals surface area contributed by atoms with Crippen molar-refractivity contribution in [1.29, 1.82) is 0 Å². The van der Waals surface area contributed by atoms with Gasteiger partial charge in [-0.25, -0.2) is 4.98 Å². The fraction of sp³-hybridized carbons (Fsp3) is 0.312. The Kier molecular flexibility index (Phi) is 2.37. The van der Waals surface area contributed by atoms with Crippen LogP contribution in [0, 0.1) is 6.92 Å². The van der Waals surface area contributed by atoms with Gasteiger partial charge >= 0.3 is 0 Å². The number of anilines is 3. The molecule has 0 saturated carbocycles. The van der Waals surface area contributed by atoms with E-state index < -0.39 is 0 Å². The van der Waals surface area contributed by atoms with Crippen molar-refractivity contribution in [3.63, 3.8) is 0 Å². The standard InChI is InChI=1S/C16H19N5/c1-11-15(19(4)16-17-9-10-20(11)16)21-12(2)18(3)13-7-5-6-8-14(13)21/h5-10,12H,1-4H3/t12-/m0/s1. The van der Waals surface area contributed by atoms with Crippen molar-refractivity contribution in [2.24, 2.45) is 7.05 Å². The zero-order chi connectivity index (χ0) is 14.7. The lowest BCUT2D eigenvalue weighted by Gasteiger charge is -2.28. The molecule has 0 fully saturated rings. The summed E-state index contributed by atoms with van der Waals surface area (Å²) in [6, 6.07) is 8.55. The van der Waals surface area contributed by atoms with Gasteiger partial charge in [-0.15, -0.1) is 0 Å². The van der Waals surface area contributed by atoms with Gasteiger partial charge in [0.15, 0.2) is 0 Å². The Morgan fingerprint density at radius 2 is 1.81 bits per heavy atom. The number of hydrogen-bond donors (Lipinski definition) is 0. The summed E-state index contributed by atoms with van der Waals surface area (Å²) in [5, 5.41) is 0. The van der Waals surface area contributed by atoms with Gasteiger partial charge in [-0.3, -0.25) is 8.97 Å². The first kappa shape index (κ1) is 12.3. The smallest absolute Gasteiger partial charge is 0.215 e. The molecule has 0 N–H and O–H groups in total. The fourth-order valence-corrected chi connectivity index (χ4v) is 3.42. The average molecular weight is 281 g/mol. The lowest BCUT2D eigenvalue weighted by Crippen LogP contribution is -2.36. The molecule has 0 bridgehead atoms. The third-order valence-corrected chi connectivity index (χ3v) is 4.61. The van der Waals surface area contributed by atoms with Crippen LogP contribution in [-0.4, -0.2) is 27.2 Å². The van der Waals surface area contributed by atoms with Crippen molar-refractivity contribution < 1.29 is 0 Å². The largest absolute Gasteiger partial charge is 0.352 e. The van der Waals surface area contributed by atoms with Gasteiger partial charge < -0.3 is 9.80 Å². The summed E-state index contributed by atoms with van der Waals surface area (Å²) in [7, 11) is 4.23. The quantitative estimate of drug-likeness (QED) is 0.686. The number of aryl methyl sites for hydroxylation is 2. The van der Waals surface area contributed by atoms with E-state index in [2.05, 4.69) is 76.0 Å². The van der Waals surface area contributed by atoms with E-state index in [1.54, 1.807) is 0 Å². The van der Waals surface area contributed by atoms with Crippen molar-refractivity contribution in [2.75, 3.05) is 16.8 Å². The second kappa shape index (κ2) is 4.04. The van der Waals surface area contributed by atoms with Crippen molar-refractivity contribution in [3.8, 4) is 0 Å². The van der Waals surface area contributed by atoms with Crippen LogP contribution in [0.25, 0.3) is 5.78 Å². The molecule has 0 radical (unpaired) electrons. The van der Waals surface area contributed by atoms with E-state index >= 15 is 0 Å². The lowest BCUT2D eigenvalue weighted by molar-refractivity contribution is 0.712. The summed E-state index contributed by atoms with van der Waals surface area (Å²) in [6.07, 6.45) is 4.14. The van der Waals surface area contributed by atoms with E-state index in [-0.39, 0.29) is 6.17 Å². The maximum Gasteiger partial charge on any atom is 0.215 e. The third-order valence-electron chi connectivity index (χ3n) is 4.61. The summed E-state index contributed by atoms with van der Waals surface area (Å²) in [6.45, 7) is 4.38. The zero-order valence-electron chi connectivity index (χ0n) is 12.8. The molecule has 0 aliphatic carbocycles. The van der Waals surface area contributed by atoms with Crippen LogP contribution in [-0.2, 0) is 7.05 Å². The Morgan fingerprint density at radius 3 is 2.52 bits per heavy atom. The Morgan fingerprint density at radius 1 is 1.10 bits per heavy atom. The summed E-state index contributed by atoms with van der Waals surface area (Å²) in [4.78, 5) is 9.16. The van der Waals surface area contributed by atoms with Gasteiger partial charge in [-0.05, 0) is 26.0 Å². The van der Waals surface area contributed by atoms with Gasteiger partial charge in [-0.2, -0.15) is 0 Å². The van der Waals surface area contributed by atoms with E-state index in [1.807, 2.05) is 12.4 Å². The van der Waals surface area contributed by atoms with Crippen LogP contribution in [0.5, 0.6) is 0 Å². The molecule has 4 rings (SSSR count). The molecule has 5 heteroatoms. The minimum atomic E-state index is 0.277. The van der Waals surface area contributed by atoms with Crippen molar-refractivity contribution >= 4 is 23.0 Å². The molecule has 0 amide bonds. The van der Waals surface area contributed by atoms with E-state index in [0.717, 1.165) is 5.78 Å². The van der Waals surface area contributed by atoms with Crippen molar-refractivity contribution in [1.82, 2.24) is 14.0 Å². The number of para-hydroxylation sites is 2. The molecule has 3 aromatic rings. The number of benzene rings is 1. The molecule has 0 saturated heterocycles. The molecule has 0 unspecified atom stereocenters. The van der Waals surface area contributed by atoms with E-state index in [9.17, 15) is 0 Å². The van der Waals surface area contributed by atoms with Gasteiger partial charge in [0.2, 0.25) is 5.78 Å². The molecule has 21 heavy (non-hydrogen) atoms. The summed E-state index contributed by atoms with van der Waals surface area (Å²) in [5.41, 5.74) is 3.73. The topological polar surface area (TPSA) is 28.7 Å². The van der Waals surface area contributed by atoms with E-state index in [4.69, 9.17) is 0 Å². The van der Waals surface area contributed by atoms with Gasteiger partial charge in [-0.1, -0.05) is 12.1 Å². The monoisotopic (exact) mass is 281 g/mol. The van der Waals surface area contributed by atoms with Crippen LogP contribution in [0.15, 0.2) is 36.7 Å². The number of hydrogen-bond acceptors (Lipinski definition) is 3. The Hall–Kier alpha value is -2.43. The highest BCUT2D eigenvalue weighted by molar-refractivity contribution is 5.83. The van der Waals surface area contributed by atoms with Crippen molar-refractivity contribution in [3.05, 3.63) is 42.4 Å². The number of fused-ring (bicyclic) bond motifs is 2. The molecule has 1 aliphatic heterocycles. The Bertz CT molecular complexity index is 794. The van der Waals surface area contributed by atoms with Gasteiger partial charge in [0, 0.05) is 26.5 Å². The molecular weight excluding hydrogens is 262 g/mol. The molecule has 0 spiro atoms. The number of rotatable bonds is 1. The summed E-state index contributed by atoms with van der Waals surface area (Å²) < 4.78 is 4.31. The maximum atomic E-state index is 4.46. The first-order valence-electron chi connectivity index (χ1n) is 7.20. The predicted octanol–water partition coefficient (Wildman–Crippen LogP) is 2.92. The Labute approximate surface area is 124 Å². The van der Waals surface area contributed by atoms with Crippen LogP contribution in [0.4, 0.5) is 17.2 Å². The molecule has 1 atom stereocenters. The average Bonchev–Trinajstić information content (AvgIpc) is 3.12. The molecule has 108 valence electrons. The molecule has 3 heterocycles. The van der Waals surface area contributed by atoms with Crippen LogP contribution in [0.3, 0.4) is 0 Å². The highest BCUT2D eigenvalue weighted by Gasteiger charge is 2.34. The first-order chi connectivity index (χ1) is 10.1. The SMILES string of the molecule is Cc1c(N2c3ccccc3N(C)[C@@H]2C)n(C)c2nccn12. The minimum Gasteiger partial charge on any atom is -0.352 e. The predicted molar refractivity (Wildman–Crippen MR) is 85.3 cm³/mol. The molecule has 2 aromatic heterocycles. The number of nitrogens with zero attached hydrogens (tertiary/aromatic N) is 5. The van der Waals surface area contributed by atoms with Gasteiger partial charge in [0.1, 0.15) is 12.0 Å². The van der Waals surface area contributed by atoms with E-state index in [1.165, 1.54) is 22.9 Å². The molecular formula is C16H19N5. The fourth-order valence-electron chi connectivity index (χ4n) is 3.42. The number of aromatic nitrogens is 3. The normalized spacial score (nSPS) is 17.8. The second-order valence-corrected chi connectivity index (χ2v) is 5.67. The lowest BCUT2D eigenvalue weighted by atomic mass is 10.2. The third kappa shape index (κ3) is 1.43. The minimum absolute atomic E-state index is 0.277. The van der Waals surface area contributed by atoms with E-state index in [0.29, 0.717) is 0 Å². The zero-order valence-corrected chi connectivity index (χ0v) is 12.8. The summed E-state index contributed by atoms with van der Waals surface area (Å²) >= 11 is 0. The second-order valence-electron chi connectivity index (χ2n) is 5.67. The van der Waals surface area contributed by atoms with Gasteiger partial charge in [0.05, 0.1) is 17.1 Å². The van der Waals surface area contributed by atoms with Crippen LogP contribution >= 0.6 is 0 Å².